The van der Waals surface area contributed by atoms with Crippen LogP contribution < -0.4 is 0 Å². The first kappa shape index (κ1) is 9.19. The Kier molecular flexibility index (Phi) is 2.19. The van der Waals surface area contributed by atoms with Gasteiger partial charge in [-0.25, -0.2) is 0 Å². The van der Waals surface area contributed by atoms with E-state index in [1.807, 2.05) is 0 Å². The highest BCUT2D eigenvalue weighted by atomic mass is 16.6. The topological polar surface area (TPSA) is 66.9 Å². The average Bonchev–Trinajstić information content (AvgIpc) is 2.70. The van der Waals surface area contributed by atoms with Gasteiger partial charge < -0.3 is 9.84 Å². The van der Waals surface area contributed by atoms with Gasteiger partial charge in [0.15, 0.2) is 0 Å². The van der Waals surface area contributed by atoms with Crippen LogP contribution in [0.3, 0.4) is 0 Å². The van der Waals surface area contributed by atoms with Crippen LogP contribution in [-0.2, 0) is 14.3 Å². The molecule has 1 aliphatic heterocycles. The fourth-order valence-electron chi connectivity index (χ4n) is 1.02. The lowest BCUT2D eigenvalue weighted by Gasteiger charge is -2.19. The molecule has 0 aromatic carbocycles. The van der Waals surface area contributed by atoms with Gasteiger partial charge in [0.25, 0.3) is 0 Å². The highest BCUT2D eigenvalue weighted by molar-refractivity contribution is 6.01. The largest absolute Gasteiger partial charge is 0.481 e. The van der Waals surface area contributed by atoms with Crippen molar-refractivity contribution in [2.75, 3.05) is 6.61 Å². The lowest BCUT2D eigenvalue weighted by Crippen LogP contribution is -2.36. The molecule has 4 heteroatoms. The summed E-state index contributed by atoms with van der Waals surface area (Å²) in [7, 11) is 0. The molecule has 12 heavy (non-hydrogen) atoms. The van der Waals surface area contributed by atoms with E-state index in [2.05, 4.69) is 0 Å². The molecule has 0 spiro atoms. The van der Waals surface area contributed by atoms with E-state index in [0.717, 1.165) is 0 Å². The van der Waals surface area contributed by atoms with Crippen molar-refractivity contribution >= 4 is 11.8 Å². The number of Topliss-reactive ketones (excluding diaryl/α,β-unsaturated/α-hetero) is 1. The van der Waals surface area contributed by atoms with Gasteiger partial charge in [0.05, 0.1) is 12.7 Å². The van der Waals surface area contributed by atoms with Gasteiger partial charge in [0.2, 0.25) is 0 Å². The molecule has 2 atom stereocenters. The summed E-state index contributed by atoms with van der Waals surface area (Å²) in [5, 5.41) is 8.80. The summed E-state index contributed by atoms with van der Waals surface area (Å²) in [6, 6.07) is 0. The minimum Gasteiger partial charge on any atom is -0.481 e. The number of rotatable bonds is 4. The lowest BCUT2D eigenvalue weighted by atomic mass is 9.82. The Morgan fingerprint density at radius 2 is 2.17 bits per heavy atom. The van der Waals surface area contributed by atoms with Gasteiger partial charge in [-0.1, -0.05) is 0 Å². The third-order valence-electron chi connectivity index (χ3n) is 2.29. The number of carboxylic acids is 1. The predicted molar refractivity (Wildman–Crippen MR) is 40.8 cm³/mol. The monoisotopic (exact) mass is 172 g/mol. The van der Waals surface area contributed by atoms with Gasteiger partial charge in [-0.3, -0.25) is 9.59 Å². The maximum Gasteiger partial charge on any atom is 0.316 e. The summed E-state index contributed by atoms with van der Waals surface area (Å²) in [6.45, 7) is 3.33. The average molecular weight is 172 g/mol. The standard InChI is InChI=1S/C8H12O4/c1-5(9)8(2,7(10)11)3-6-4-12-6/h6H,3-4H2,1-2H3,(H,10,11). The normalized spacial score (nSPS) is 26.0. The molecule has 1 aliphatic rings. The van der Waals surface area contributed by atoms with Crippen LogP contribution in [0.1, 0.15) is 20.3 Å². The summed E-state index contributed by atoms with van der Waals surface area (Å²) in [6.07, 6.45) is 0.257. The van der Waals surface area contributed by atoms with E-state index >= 15 is 0 Å². The summed E-state index contributed by atoms with van der Waals surface area (Å²) < 4.78 is 4.89. The van der Waals surface area contributed by atoms with Crippen LogP contribution in [0.5, 0.6) is 0 Å². The summed E-state index contributed by atoms with van der Waals surface area (Å²) in [4.78, 5) is 21.8. The Hall–Kier alpha value is -0.900. The number of epoxide rings is 1. The molecule has 1 heterocycles. The van der Waals surface area contributed by atoms with Crippen molar-refractivity contribution in [2.24, 2.45) is 5.41 Å². The fourth-order valence-corrected chi connectivity index (χ4v) is 1.02. The van der Waals surface area contributed by atoms with Crippen molar-refractivity contribution in [3.8, 4) is 0 Å². The van der Waals surface area contributed by atoms with E-state index in [0.29, 0.717) is 6.61 Å². The van der Waals surface area contributed by atoms with E-state index in [1.165, 1.54) is 13.8 Å². The minimum absolute atomic E-state index is 0.0324. The van der Waals surface area contributed by atoms with Crippen molar-refractivity contribution in [1.82, 2.24) is 0 Å². The van der Waals surface area contributed by atoms with Gasteiger partial charge in [0, 0.05) is 0 Å². The molecule has 0 saturated carbocycles. The van der Waals surface area contributed by atoms with E-state index in [-0.39, 0.29) is 18.3 Å². The van der Waals surface area contributed by atoms with Gasteiger partial charge in [-0.2, -0.15) is 0 Å². The van der Waals surface area contributed by atoms with Crippen LogP contribution in [0.2, 0.25) is 0 Å². The lowest BCUT2D eigenvalue weighted by molar-refractivity contribution is -0.153. The number of ketones is 1. The molecular formula is C8H12O4. The van der Waals surface area contributed by atoms with Crippen molar-refractivity contribution in [2.45, 2.75) is 26.4 Å². The molecule has 0 aromatic rings. The molecule has 0 amide bonds. The first-order valence-electron chi connectivity index (χ1n) is 3.83. The van der Waals surface area contributed by atoms with Crippen LogP contribution in [0.25, 0.3) is 0 Å². The van der Waals surface area contributed by atoms with Crippen LogP contribution in [0.4, 0.5) is 0 Å². The highest BCUT2D eigenvalue weighted by Gasteiger charge is 2.43. The predicted octanol–water partition coefficient (Wildman–Crippen LogP) is 0.455. The molecule has 0 bridgehead atoms. The number of hydrogen-bond donors (Lipinski definition) is 1. The van der Waals surface area contributed by atoms with Gasteiger partial charge in [-0.15, -0.1) is 0 Å². The van der Waals surface area contributed by atoms with E-state index in [9.17, 15) is 9.59 Å². The number of ether oxygens (including phenoxy) is 1. The van der Waals surface area contributed by atoms with E-state index < -0.39 is 11.4 Å². The molecule has 1 fully saturated rings. The van der Waals surface area contributed by atoms with Crippen LogP contribution in [0.15, 0.2) is 0 Å². The van der Waals surface area contributed by atoms with Crippen molar-refractivity contribution in [3.05, 3.63) is 0 Å². The number of carboxylic acid groups (broad SMARTS) is 1. The highest BCUT2D eigenvalue weighted by Crippen LogP contribution is 2.30. The SMILES string of the molecule is CC(=O)C(C)(CC1CO1)C(=O)O. The molecular weight excluding hydrogens is 160 g/mol. The maximum atomic E-state index is 11.0. The zero-order valence-corrected chi connectivity index (χ0v) is 7.16. The molecule has 1 N–H and O–H groups in total. The van der Waals surface area contributed by atoms with Gasteiger partial charge >= 0.3 is 5.97 Å². The van der Waals surface area contributed by atoms with Crippen LogP contribution >= 0.6 is 0 Å². The molecule has 0 aromatic heterocycles. The number of carbonyl (C=O) groups excluding carboxylic acids is 1. The Balaban J connectivity index is 2.69. The zero-order chi connectivity index (χ0) is 9.35. The minimum atomic E-state index is -1.26. The molecule has 68 valence electrons. The molecule has 0 radical (unpaired) electrons. The Bertz CT molecular complexity index is 203. The first-order valence-corrected chi connectivity index (χ1v) is 3.83. The summed E-state index contributed by atoms with van der Waals surface area (Å²) in [5.74, 6) is -1.38. The number of aliphatic carboxylic acids is 1. The Morgan fingerprint density at radius 1 is 1.67 bits per heavy atom. The maximum absolute atomic E-state index is 11.0. The third-order valence-corrected chi connectivity index (χ3v) is 2.29. The fraction of sp³-hybridized carbons (Fsp3) is 0.750. The summed E-state index contributed by atoms with van der Waals surface area (Å²) in [5.41, 5.74) is -1.26. The number of carbonyl (C=O) groups is 2. The van der Waals surface area contributed by atoms with Crippen molar-refractivity contribution in [3.63, 3.8) is 0 Å². The first-order chi connectivity index (χ1) is 5.47. The molecule has 0 aliphatic carbocycles. The second-order valence-electron chi connectivity index (χ2n) is 3.35. The smallest absolute Gasteiger partial charge is 0.316 e. The van der Waals surface area contributed by atoms with E-state index in [4.69, 9.17) is 9.84 Å². The molecule has 1 rings (SSSR count). The quantitative estimate of drug-likeness (QED) is 0.494. The van der Waals surface area contributed by atoms with Crippen LogP contribution in [0, 0.1) is 5.41 Å². The van der Waals surface area contributed by atoms with Crippen molar-refractivity contribution in [1.29, 1.82) is 0 Å². The second kappa shape index (κ2) is 2.86. The van der Waals surface area contributed by atoms with Crippen LogP contribution in [-0.4, -0.2) is 29.6 Å². The summed E-state index contributed by atoms with van der Waals surface area (Å²) >= 11 is 0. The van der Waals surface area contributed by atoms with Gasteiger partial charge in [0.1, 0.15) is 11.2 Å². The van der Waals surface area contributed by atoms with E-state index in [1.54, 1.807) is 0 Å². The molecule has 2 unspecified atom stereocenters. The second-order valence-corrected chi connectivity index (χ2v) is 3.35. The molecule has 4 nitrogen and oxygen atoms in total. The number of hydrogen-bond acceptors (Lipinski definition) is 3. The zero-order valence-electron chi connectivity index (χ0n) is 7.16. The molecule has 1 saturated heterocycles. The van der Waals surface area contributed by atoms with Gasteiger partial charge in [-0.05, 0) is 20.3 Å². The third kappa shape index (κ3) is 1.64. The van der Waals surface area contributed by atoms with Crippen molar-refractivity contribution < 1.29 is 19.4 Å². The Morgan fingerprint density at radius 3 is 2.42 bits per heavy atom. The Labute approximate surface area is 70.5 Å².